The van der Waals surface area contributed by atoms with E-state index in [-0.39, 0.29) is 18.6 Å². The van der Waals surface area contributed by atoms with Crippen molar-refractivity contribution in [3.05, 3.63) is 29.3 Å². The van der Waals surface area contributed by atoms with Crippen molar-refractivity contribution in [1.29, 1.82) is 0 Å². The number of aliphatic hydroxyl groups is 1. The van der Waals surface area contributed by atoms with E-state index in [1.807, 2.05) is 26.0 Å². The predicted molar refractivity (Wildman–Crippen MR) is 77.8 cm³/mol. The average molecular weight is 277 g/mol. The molecule has 2 N–H and O–H groups in total. The van der Waals surface area contributed by atoms with E-state index in [0.29, 0.717) is 5.75 Å². The Hall–Kier alpha value is -1.55. The quantitative estimate of drug-likeness (QED) is 0.886. The second kappa shape index (κ2) is 6.75. The van der Waals surface area contributed by atoms with Crippen LogP contribution in [0.5, 0.6) is 5.75 Å². The standard InChI is InChI=1S/C16H23NO3/c1-11-7-12(2)9-13(8-11)20-10-16(19)17-14-5-3-4-6-15(14)18/h7-9,14-15,18H,3-6,10H2,1-2H3,(H,17,19)/t14-,15-/m0/s1. The third kappa shape index (κ3) is 4.23. The molecule has 1 aliphatic rings. The molecule has 1 aromatic rings. The Balaban J connectivity index is 1.82. The topological polar surface area (TPSA) is 58.6 Å². The van der Waals surface area contributed by atoms with Gasteiger partial charge in [0.25, 0.3) is 5.91 Å². The van der Waals surface area contributed by atoms with Crippen LogP contribution in [0, 0.1) is 13.8 Å². The van der Waals surface area contributed by atoms with Crippen molar-refractivity contribution in [2.24, 2.45) is 0 Å². The second-order valence-electron chi connectivity index (χ2n) is 5.64. The SMILES string of the molecule is Cc1cc(C)cc(OCC(=O)N[C@H]2CCCC[C@@H]2O)c1. The molecule has 2 rings (SSSR count). The first-order chi connectivity index (χ1) is 9.54. The third-order valence-electron chi connectivity index (χ3n) is 3.64. The van der Waals surface area contributed by atoms with Crippen LogP contribution in [0.4, 0.5) is 0 Å². The van der Waals surface area contributed by atoms with Gasteiger partial charge in [-0.25, -0.2) is 0 Å². The molecule has 0 saturated heterocycles. The predicted octanol–water partition coefficient (Wildman–Crippen LogP) is 2.10. The molecule has 0 heterocycles. The maximum absolute atomic E-state index is 11.9. The van der Waals surface area contributed by atoms with Crippen LogP contribution in [0.2, 0.25) is 0 Å². The van der Waals surface area contributed by atoms with Crippen LogP contribution in [0.3, 0.4) is 0 Å². The van der Waals surface area contributed by atoms with Crippen molar-refractivity contribution >= 4 is 5.91 Å². The molecular formula is C16H23NO3. The highest BCUT2D eigenvalue weighted by Crippen LogP contribution is 2.19. The molecule has 0 bridgehead atoms. The van der Waals surface area contributed by atoms with Crippen molar-refractivity contribution in [3.63, 3.8) is 0 Å². The Morgan fingerprint density at radius 2 is 1.90 bits per heavy atom. The van der Waals surface area contributed by atoms with Crippen molar-refractivity contribution in [2.75, 3.05) is 6.61 Å². The molecule has 1 fully saturated rings. The molecule has 1 aromatic carbocycles. The molecule has 4 nitrogen and oxygen atoms in total. The van der Waals surface area contributed by atoms with E-state index in [1.54, 1.807) is 0 Å². The van der Waals surface area contributed by atoms with Gasteiger partial charge in [-0.1, -0.05) is 18.9 Å². The maximum atomic E-state index is 11.9. The van der Waals surface area contributed by atoms with Gasteiger partial charge in [0.1, 0.15) is 5.75 Å². The number of carbonyl (C=O) groups is 1. The number of hydrogen-bond acceptors (Lipinski definition) is 3. The van der Waals surface area contributed by atoms with Gasteiger partial charge in [-0.05, 0) is 49.9 Å². The lowest BCUT2D eigenvalue weighted by molar-refractivity contribution is -0.125. The monoisotopic (exact) mass is 277 g/mol. The first kappa shape index (κ1) is 14.9. The van der Waals surface area contributed by atoms with Gasteiger partial charge in [0, 0.05) is 0 Å². The lowest BCUT2D eigenvalue weighted by Gasteiger charge is -2.28. The summed E-state index contributed by atoms with van der Waals surface area (Å²) in [4.78, 5) is 11.9. The van der Waals surface area contributed by atoms with Gasteiger partial charge in [0.15, 0.2) is 6.61 Å². The molecule has 110 valence electrons. The van der Waals surface area contributed by atoms with Gasteiger partial charge in [-0.3, -0.25) is 4.79 Å². The molecular weight excluding hydrogens is 254 g/mol. The Morgan fingerprint density at radius 3 is 2.55 bits per heavy atom. The Kier molecular flexibility index (Phi) is 5.01. The fraction of sp³-hybridized carbons (Fsp3) is 0.562. The molecule has 0 spiro atoms. The zero-order valence-corrected chi connectivity index (χ0v) is 12.2. The van der Waals surface area contributed by atoms with E-state index >= 15 is 0 Å². The highest BCUT2D eigenvalue weighted by atomic mass is 16.5. The van der Waals surface area contributed by atoms with Crippen molar-refractivity contribution in [3.8, 4) is 5.75 Å². The summed E-state index contributed by atoms with van der Waals surface area (Å²) in [6.07, 6.45) is 3.28. The lowest BCUT2D eigenvalue weighted by Crippen LogP contribution is -2.46. The third-order valence-corrected chi connectivity index (χ3v) is 3.64. The minimum Gasteiger partial charge on any atom is -0.484 e. The first-order valence-electron chi connectivity index (χ1n) is 7.23. The summed E-state index contributed by atoms with van der Waals surface area (Å²) < 4.78 is 5.51. The number of hydrogen-bond donors (Lipinski definition) is 2. The minimum absolute atomic E-state index is 0.00782. The zero-order valence-electron chi connectivity index (χ0n) is 12.2. The smallest absolute Gasteiger partial charge is 0.258 e. The van der Waals surface area contributed by atoms with Crippen LogP contribution in [-0.4, -0.2) is 29.8 Å². The van der Waals surface area contributed by atoms with Gasteiger partial charge in [-0.15, -0.1) is 0 Å². The molecule has 20 heavy (non-hydrogen) atoms. The van der Waals surface area contributed by atoms with E-state index in [1.165, 1.54) is 0 Å². The molecule has 1 aliphatic carbocycles. The molecule has 4 heteroatoms. The molecule has 2 atom stereocenters. The molecule has 0 aromatic heterocycles. The molecule has 0 unspecified atom stereocenters. The second-order valence-corrected chi connectivity index (χ2v) is 5.64. The average Bonchev–Trinajstić information content (AvgIpc) is 2.38. The fourth-order valence-electron chi connectivity index (χ4n) is 2.69. The van der Waals surface area contributed by atoms with Crippen LogP contribution in [-0.2, 0) is 4.79 Å². The Labute approximate surface area is 120 Å². The highest BCUT2D eigenvalue weighted by Gasteiger charge is 2.24. The summed E-state index contributed by atoms with van der Waals surface area (Å²) in [5.41, 5.74) is 2.23. The summed E-state index contributed by atoms with van der Waals surface area (Å²) in [7, 11) is 0. The maximum Gasteiger partial charge on any atom is 0.258 e. The number of aliphatic hydroxyl groups excluding tert-OH is 1. The van der Waals surface area contributed by atoms with Crippen LogP contribution < -0.4 is 10.1 Å². The van der Waals surface area contributed by atoms with E-state index in [0.717, 1.165) is 36.8 Å². The summed E-state index contributed by atoms with van der Waals surface area (Å²) >= 11 is 0. The summed E-state index contributed by atoms with van der Waals surface area (Å²) in [5, 5.41) is 12.7. The summed E-state index contributed by atoms with van der Waals surface area (Å²) in [5.74, 6) is 0.539. The Bertz CT molecular complexity index is 453. The Morgan fingerprint density at radius 1 is 1.25 bits per heavy atom. The highest BCUT2D eigenvalue weighted by molar-refractivity contribution is 5.77. The van der Waals surface area contributed by atoms with Crippen molar-refractivity contribution in [2.45, 2.75) is 51.7 Å². The number of amides is 1. The van der Waals surface area contributed by atoms with E-state index < -0.39 is 6.10 Å². The number of nitrogens with one attached hydrogen (secondary N) is 1. The summed E-state index contributed by atoms with van der Waals surface area (Å²) in [6.45, 7) is 3.99. The van der Waals surface area contributed by atoms with Crippen molar-refractivity contribution in [1.82, 2.24) is 5.32 Å². The largest absolute Gasteiger partial charge is 0.484 e. The van der Waals surface area contributed by atoms with Gasteiger partial charge >= 0.3 is 0 Å². The fourth-order valence-corrected chi connectivity index (χ4v) is 2.69. The first-order valence-corrected chi connectivity index (χ1v) is 7.23. The molecule has 1 saturated carbocycles. The van der Waals surface area contributed by atoms with E-state index in [4.69, 9.17) is 4.74 Å². The van der Waals surface area contributed by atoms with Crippen LogP contribution in [0.15, 0.2) is 18.2 Å². The number of carbonyl (C=O) groups excluding carboxylic acids is 1. The number of ether oxygens (including phenoxy) is 1. The number of aryl methyl sites for hydroxylation is 2. The van der Waals surface area contributed by atoms with E-state index in [2.05, 4.69) is 11.4 Å². The van der Waals surface area contributed by atoms with Gasteiger partial charge < -0.3 is 15.2 Å². The zero-order chi connectivity index (χ0) is 14.5. The molecule has 0 aliphatic heterocycles. The normalized spacial score (nSPS) is 22.4. The minimum atomic E-state index is -0.422. The van der Waals surface area contributed by atoms with Crippen LogP contribution in [0.25, 0.3) is 0 Å². The van der Waals surface area contributed by atoms with E-state index in [9.17, 15) is 9.90 Å². The van der Waals surface area contributed by atoms with Crippen molar-refractivity contribution < 1.29 is 14.6 Å². The lowest BCUT2D eigenvalue weighted by atomic mass is 9.92. The van der Waals surface area contributed by atoms with Gasteiger partial charge in [-0.2, -0.15) is 0 Å². The molecule has 1 amide bonds. The molecule has 0 radical (unpaired) electrons. The van der Waals surface area contributed by atoms with Crippen LogP contribution in [0.1, 0.15) is 36.8 Å². The van der Waals surface area contributed by atoms with Crippen LogP contribution >= 0.6 is 0 Å². The summed E-state index contributed by atoms with van der Waals surface area (Å²) in [6, 6.07) is 5.76. The van der Waals surface area contributed by atoms with Gasteiger partial charge in [0.05, 0.1) is 12.1 Å². The number of rotatable bonds is 4. The number of benzene rings is 1. The van der Waals surface area contributed by atoms with Gasteiger partial charge in [0.2, 0.25) is 0 Å².